The molecule has 0 spiro atoms. The molecule has 17 rings (SSSR count). The zero-order valence-electron chi connectivity index (χ0n) is 46.7. The Kier molecular flexibility index (Phi) is 11.7. The van der Waals surface area contributed by atoms with Crippen molar-refractivity contribution in [2.45, 2.75) is 0 Å². The molecule has 11 aromatic carbocycles. The lowest BCUT2D eigenvalue weighted by Gasteiger charge is -2.11. The number of furan rings is 1. The Morgan fingerprint density at radius 1 is 0.241 bits per heavy atom. The Bertz CT molecular complexity index is 5500. The van der Waals surface area contributed by atoms with E-state index >= 15 is 0 Å². The van der Waals surface area contributed by atoms with Crippen LogP contribution in [0.25, 0.3) is 166 Å². The third-order valence-electron chi connectivity index (χ3n) is 17.0. The van der Waals surface area contributed by atoms with E-state index in [1.165, 1.54) is 10.8 Å². The van der Waals surface area contributed by atoms with Crippen molar-refractivity contribution in [3.63, 3.8) is 0 Å². The van der Waals surface area contributed by atoms with Gasteiger partial charge in [-0.15, -0.1) is 0 Å². The molecule has 406 valence electrons. The van der Waals surface area contributed by atoms with Gasteiger partial charge in [0.1, 0.15) is 11.2 Å². The zero-order valence-corrected chi connectivity index (χ0v) is 46.7. The van der Waals surface area contributed by atoms with Gasteiger partial charge in [0, 0.05) is 97.6 Å². The van der Waals surface area contributed by atoms with E-state index in [1.807, 2.05) is 18.6 Å². The van der Waals surface area contributed by atoms with Crippen LogP contribution in [0.5, 0.6) is 0 Å². The fourth-order valence-corrected chi connectivity index (χ4v) is 12.9. The molecule has 0 aliphatic heterocycles. The molecule has 0 N–H and O–H groups in total. The molecule has 9 heteroatoms. The summed E-state index contributed by atoms with van der Waals surface area (Å²) in [5.74, 6) is 0. The molecule has 0 aliphatic carbocycles. The summed E-state index contributed by atoms with van der Waals surface area (Å²) in [7, 11) is 0. The van der Waals surface area contributed by atoms with Crippen LogP contribution in [0.3, 0.4) is 0 Å². The van der Waals surface area contributed by atoms with Gasteiger partial charge in [0.15, 0.2) is 0 Å². The molecule has 0 atom stereocenters. The predicted octanol–water partition coefficient (Wildman–Crippen LogP) is 19.5. The van der Waals surface area contributed by atoms with E-state index in [0.29, 0.717) is 0 Å². The van der Waals surface area contributed by atoms with E-state index in [-0.39, 0.29) is 0 Å². The van der Waals surface area contributed by atoms with Crippen molar-refractivity contribution in [2.24, 2.45) is 0 Å². The van der Waals surface area contributed by atoms with Crippen LogP contribution in [0.2, 0.25) is 0 Å². The number of fused-ring (bicyclic) bond motifs is 9. The van der Waals surface area contributed by atoms with Crippen molar-refractivity contribution in [2.75, 3.05) is 0 Å². The van der Waals surface area contributed by atoms with Crippen LogP contribution in [0.15, 0.2) is 297 Å². The van der Waals surface area contributed by atoms with E-state index in [2.05, 4.69) is 271 Å². The minimum Gasteiger partial charge on any atom is -0.456 e. The van der Waals surface area contributed by atoms with E-state index in [9.17, 15) is 0 Å². The van der Waals surface area contributed by atoms with Gasteiger partial charge in [-0.05, 0) is 159 Å². The molecule has 87 heavy (non-hydrogen) atoms. The van der Waals surface area contributed by atoms with Gasteiger partial charge in [0.2, 0.25) is 0 Å². The van der Waals surface area contributed by atoms with Gasteiger partial charge in [-0.3, -0.25) is 29.9 Å². The summed E-state index contributed by atoms with van der Waals surface area (Å²) >= 11 is 0. The molecule has 0 saturated heterocycles. The first-order valence-electron chi connectivity index (χ1n) is 29.0. The first kappa shape index (κ1) is 49.7. The Labute approximate surface area is 499 Å². The summed E-state index contributed by atoms with van der Waals surface area (Å²) in [5, 5.41) is 6.77. The van der Waals surface area contributed by atoms with Crippen LogP contribution in [-0.4, -0.2) is 39.0 Å². The summed E-state index contributed by atoms with van der Waals surface area (Å²) in [4.78, 5) is 27.1. The molecule has 0 saturated carbocycles. The third-order valence-corrected chi connectivity index (χ3v) is 17.0. The van der Waals surface area contributed by atoms with Crippen LogP contribution >= 0.6 is 0 Å². The highest BCUT2D eigenvalue weighted by atomic mass is 16.3. The second-order valence-electron chi connectivity index (χ2n) is 21.9. The topological polar surface area (TPSA) is 100 Å². The van der Waals surface area contributed by atoms with Crippen molar-refractivity contribution in [1.29, 1.82) is 0 Å². The van der Waals surface area contributed by atoms with E-state index < -0.39 is 0 Å². The molecule has 9 nitrogen and oxygen atoms in total. The van der Waals surface area contributed by atoms with Gasteiger partial charge in [0.05, 0.1) is 57.7 Å². The second kappa shape index (κ2) is 20.4. The third kappa shape index (κ3) is 8.55. The maximum Gasteiger partial charge on any atom is 0.135 e. The smallest absolute Gasteiger partial charge is 0.135 e. The summed E-state index contributed by atoms with van der Waals surface area (Å²) in [6.45, 7) is 0. The number of hydrogen-bond acceptors (Lipinski definition) is 7. The molecule has 0 unspecified atom stereocenters. The molecule has 6 aromatic heterocycles. The molecule has 0 aliphatic rings. The normalized spacial score (nSPS) is 11.7. The largest absolute Gasteiger partial charge is 0.456 e. The summed E-state index contributed by atoms with van der Waals surface area (Å²) in [5.41, 5.74) is 25.1. The molecule has 17 aromatic rings. The molecule has 0 fully saturated rings. The number of rotatable bonds is 10. The maximum atomic E-state index is 6.56. The highest BCUT2D eigenvalue weighted by molar-refractivity contribution is 6.14. The van der Waals surface area contributed by atoms with Gasteiger partial charge in [-0.1, -0.05) is 133 Å². The average molecular weight is 1110 g/mol. The van der Waals surface area contributed by atoms with Crippen LogP contribution in [0.4, 0.5) is 0 Å². The number of para-hydroxylation sites is 1. The first-order chi connectivity index (χ1) is 43.1. The Balaban J connectivity index is 0.748. The van der Waals surface area contributed by atoms with Crippen LogP contribution in [0, 0.1) is 0 Å². The van der Waals surface area contributed by atoms with Crippen molar-refractivity contribution < 1.29 is 4.42 Å². The van der Waals surface area contributed by atoms with Crippen molar-refractivity contribution >= 4 is 65.6 Å². The fraction of sp³-hybridized carbons (Fsp3) is 0. The van der Waals surface area contributed by atoms with Gasteiger partial charge in [-0.25, -0.2) is 0 Å². The minimum absolute atomic E-state index is 0.831. The van der Waals surface area contributed by atoms with Gasteiger partial charge < -0.3 is 13.6 Å². The van der Waals surface area contributed by atoms with Gasteiger partial charge in [-0.2, -0.15) is 0 Å². The highest BCUT2D eigenvalue weighted by Gasteiger charge is 2.20. The number of benzene rings is 11. The number of aromatic nitrogens is 8. The zero-order chi connectivity index (χ0) is 57.4. The van der Waals surface area contributed by atoms with Gasteiger partial charge in [0.25, 0.3) is 0 Å². The number of nitrogens with zero attached hydrogens (tertiary/aromatic N) is 8. The average Bonchev–Trinajstić information content (AvgIpc) is 2.11. The molecular formula is C78H48N8O. The van der Waals surface area contributed by atoms with Crippen molar-refractivity contribution in [3.8, 4) is 101 Å². The van der Waals surface area contributed by atoms with Gasteiger partial charge >= 0.3 is 0 Å². The quantitative estimate of drug-likeness (QED) is 0.134. The predicted molar refractivity (Wildman–Crippen MR) is 353 cm³/mol. The minimum atomic E-state index is 0.831. The Morgan fingerprint density at radius 2 is 0.609 bits per heavy atom. The standard InChI is InChI=1S/C78H48N8O/c1-2-11-58(12-3-1)85-73-28-20-53(41-65(73)66-44-55(21-29-75(66)85)60-13-4-6-15-62(60)71-47-80-34-37-83-71)54-24-32-78-69(43-54)68-42-51(23-31-77(68)87-78)49-17-25-59(26-18-49)86-74-27-19-52(50-9-8-10-57(39-50)70-46-79-33-36-82-70)40-64(74)67-45-56(22-30-76(67)86)61-14-5-7-16-63(61)72-48-81-35-38-84-72/h1-48H. The SMILES string of the molecule is c1ccc(-n2c3ccc(-c4ccc5oc6ccc(-c7ccc(-n8c9ccc(-c%10cccc(-c%11cnccn%11)c%10)cc9c9cc(-c%10ccccc%10-c%10cnccn%10)ccc98)cc7)cc6c5c4)cc3c3cc(-c4ccccc4-c4cnccn4)ccc32)cc1. The molecule has 6 heterocycles. The Hall–Kier alpha value is -11.9. The lowest BCUT2D eigenvalue weighted by atomic mass is 9.96. The molecular weight excluding hydrogens is 1060 g/mol. The van der Waals surface area contributed by atoms with E-state index in [4.69, 9.17) is 9.40 Å². The summed E-state index contributed by atoms with van der Waals surface area (Å²) in [6, 6.07) is 85.4. The lowest BCUT2D eigenvalue weighted by Crippen LogP contribution is -1.94. The summed E-state index contributed by atoms with van der Waals surface area (Å²) < 4.78 is 11.3. The molecule has 0 radical (unpaired) electrons. The monoisotopic (exact) mass is 1110 g/mol. The highest BCUT2D eigenvalue weighted by Crippen LogP contribution is 2.43. The van der Waals surface area contributed by atoms with Crippen LogP contribution < -0.4 is 0 Å². The molecule has 0 amide bonds. The van der Waals surface area contributed by atoms with E-state index in [1.54, 1.807) is 37.2 Å². The lowest BCUT2D eigenvalue weighted by molar-refractivity contribution is 0.669. The Morgan fingerprint density at radius 3 is 1.09 bits per heavy atom. The number of hydrogen-bond donors (Lipinski definition) is 0. The fourth-order valence-electron chi connectivity index (χ4n) is 12.9. The maximum absolute atomic E-state index is 6.56. The van der Waals surface area contributed by atoms with Crippen LogP contribution in [0.1, 0.15) is 0 Å². The summed E-state index contributed by atoms with van der Waals surface area (Å²) in [6.07, 6.45) is 15.8. The van der Waals surface area contributed by atoms with Crippen molar-refractivity contribution in [3.05, 3.63) is 292 Å². The van der Waals surface area contributed by atoms with Crippen molar-refractivity contribution in [1.82, 2.24) is 39.0 Å². The first-order valence-corrected chi connectivity index (χ1v) is 29.0. The molecule has 0 bridgehead atoms. The van der Waals surface area contributed by atoms with Crippen LogP contribution in [-0.2, 0) is 0 Å². The second-order valence-corrected chi connectivity index (χ2v) is 21.9. The van der Waals surface area contributed by atoms with E-state index in [0.717, 1.165) is 156 Å².